The molecule has 0 aromatic carbocycles. The summed E-state index contributed by atoms with van der Waals surface area (Å²) in [6, 6.07) is 0. The molecule has 5 rings (SSSR count). The Bertz CT molecular complexity index is 1180. The van der Waals surface area contributed by atoms with Crippen LogP contribution < -0.4 is 29.6 Å². The Kier molecular flexibility index (Phi) is 12.8. The third-order valence-corrected chi connectivity index (χ3v) is 13.7. The Morgan fingerprint density at radius 1 is 0.936 bits per heavy atom. The normalized spacial score (nSPS) is 48.1. The molecule has 4 saturated carbocycles. The van der Waals surface area contributed by atoms with Crippen LogP contribution in [0.15, 0.2) is 0 Å². The zero-order chi connectivity index (χ0) is 34.0. The van der Waals surface area contributed by atoms with Crippen LogP contribution in [0.5, 0.6) is 0 Å². The molecule has 5 fully saturated rings. The summed E-state index contributed by atoms with van der Waals surface area (Å²) in [4.78, 5) is 0. The molecule has 5 aliphatic rings. The molecule has 47 heavy (non-hydrogen) atoms. The quantitative estimate of drug-likeness (QED) is 0.107. The van der Waals surface area contributed by atoms with Gasteiger partial charge in [-0.25, -0.2) is 8.42 Å². The van der Waals surface area contributed by atoms with Gasteiger partial charge in [-0.1, -0.05) is 34.6 Å². The van der Waals surface area contributed by atoms with E-state index in [1.165, 1.54) is 7.11 Å². The van der Waals surface area contributed by atoms with E-state index >= 15 is 0 Å². The fourth-order valence-electron chi connectivity index (χ4n) is 11.2. The number of aliphatic hydroxyl groups excluding tert-OH is 4. The van der Waals surface area contributed by atoms with E-state index in [4.69, 9.17) is 18.4 Å². The molecule has 4 aliphatic carbocycles. The molecule has 268 valence electrons. The SMILES string of the molecule is COC1C(O)COC(O[C@@H](CC[C@@H](C)C2C[C@@H](O)C3[C@]2(C)CCC2[C@@]4(C)CC[C@H](O)CC4[C@@H](O)C[C@]23O)C(C)C)C1OS(=O)(=O)[O-].[Na+]. The van der Waals surface area contributed by atoms with Gasteiger partial charge in [0.15, 0.2) is 12.4 Å². The standard InChI is InChI=1S/C33H58O12S.Na/c1-17(2)25(44-30-28(45-46(39,40)41)27(42-6)24(37)16-43-30)8-7-18(3)20-14-22(35)29-32(20,5)12-10-26-31(4)11-9-19(34)13-21(31)23(36)15-33(26,29)38;/h17-30,34-38H,7-16H2,1-6H3,(H,39,40,41);/q;+1/p-1/t18-,19+,20?,21?,22-,23+,24?,25+,26?,27?,28?,29?,30?,31+,32-,33+;/m1./s1. The predicted octanol–water partition coefficient (Wildman–Crippen LogP) is -0.898. The molecule has 5 N–H and O–H groups in total. The minimum atomic E-state index is -5.14. The van der Waals surface area contributed by atoms with Gasteiger partial charge < -0.3 is 44.3 Å². The fraction of sp³-hybridized carbons (Fsp3) is 1.00. The van der Waals surface area contributed by atoms with Gasteiger partial charge in [-0.05, 0) is 91.8 Å². The molecule has 1 heterocycles. The molecule has 1 aliphatic heterocycles. The van der Waals surface area contributed by atoms with Gasteiger partial charge in [-0.15, -0.1) is 0 Å². The minimum Gasteiger partial charge on any atom is -0.726 e. The van der Waals surface area contributed by atoms with Gasteiger partial charge in [0.2, 0.25) is 10.4 Å². The smallest absolute Gasteiger partial charge is 0.726 e. The number of ether oxygens (including phenoxy) is 3. The van der Waals surface area contributed by atoms with Crippen molar-refractivity contribution in [3.8, 4) is 0 Å². The summed E-state index contributed by atoms with van der Waals surface area (Å²) < 4.78 is 56.4. The second-order valence-electron chi connectivity index (χ2n) is 16.2. The number of fused-ring (bicyclic) bond motifs is 5. The second kappa shape index (κ2) is 14.9. The summed E-state index contributed by atoms with van der Waals surface area (Å²) in [6.07, 6.45) is -1.63. The summed E-state index contributed by atoms with van der Waals surface area (Å²) in [6.45, 7) is 10.3. The second-order valence-corrected chi connectivity index (χ2v) is 17.2. The number of aliphatic hydroxyl groups is 5. The van der Waals surface area contributed by atoms with Crippen LogP contribution in [0.4, 0.5) is 0 Å². The number of rotatable bonds is 10. The van der Waals surface area contributed by atoms with Gasteiger partial charge in [0.05, 0.1) is 36.6 Å². The fourth-order valence-corrected chi connectivity index (χ4v) is 11.6. The van der Waals surface area contributed by atoms with Crippen molar-refractivity contribution in [3.63, 3.8) is 0 Å². The predicted molar refractivity (Wildman–Crippen MR) is 165 cm³/mol. The van der Waals surface area contributed by atoms with Crippen LogP contribution in [0.3, 0.4) is 0 Å². The van der Waals surface area contributed by atoms with Crippen LogP contribution in [0.2, 0.25) is 0 Å². The summed E-state index contributed by atoms with van der Waals surface area (Å²) >= 11 is 0. The van der Waals surface area contributed by atoms with E-state index in [1.54, 1.807) is 0 Å². The molecule has 0 radical (unpaired) electrons. The summed E-state index contributed by atoms with van der Waals surface area (Å²) in [5, 5.41) is 56.2. The molecule has 1 saturated heterocycles. The van der Waals surface area contributed by atoms with Crippen molar-refractivity contribution in [2.75, 3.05) is 13.7 Å². The maximum Gasteiger partial charge on any atom is 1.00 e. The average molecular weight is 701 g/mol. The van der Waals surface area contributed by atoms with Crippen LogP contribution in [0.1, 0.15) is 92.4 Å². The maximum atomic E-state index is 12.6. The summed E-state index contributed by atoms with van der Waals surface area (Å²) in [5.74, 6) is -0.246. The molecular weight excluding hydrogens is 643 g/mol. The monoisotopic (exact) mass is 700 g/mol. The zero-order valence-electron chi connectivity index (χ0n) is 29.2. The molecule has 0 bridgehead atoms. The van der Waals surface area contributed by atoms with E-state index in [1.807, 2.05) is 13.8 Å². The van der Waals surface area contributed by atoms with Crippen LogP contribution in [0.25, 0.3) is 0 Å². The van der Waals surface area contributed by atoms with E-state index in [2.05, 4.69) is 20.8 Å². The van der Waals surface area contributed by atoms with Crippen molar-refractivity contribution in [1.82, 2.24) is 0 Å². The van der Waals surface area contributed by atoms with Crippen molar-refractivity contribution >= 4 is 10.4 Å². The van der Waals surface area contributed by atoms with Crippen molar-refractivity contribution in [2.45, 2.75) is 147 Å². The number of methoxy groups -OCH3 is 1. The third-order valence-electron chi connectivity index (χ3n) is 13.3. The van der Waals surface area contributed by atoms with E-state index in [0.29, 0.717) is 25.7 Å². The molecule has 0 aromatic rings. The summed E-state index contributed by atoms with van der Waals surface area (Å²) in [7, 11) is -3.86. The first kappa shape index (κ1) is 40.3. The molecule has 16 atom stereocenters. The Morgan fingerprint density at radius 2 is 1.60 bits per heavy atom. The molecule has 0 aromatic heterocycles. The number of hydrogen-bond donors (Lipinski definition) is 5. The van der Waals surface area contributed by atoms with E-state index in [9.17, 15) is 38.5 Å². The van der Waals surface area contributed by atoms with E-state index in [0.717, 1.165) is 25.7 Å². The zero-order valence-corrected chi connectivity index (χ0v) is 32.0. The van der Waals surface area contributed by atoms with Gasteiger partial charge in [-0.3, -0.25) is 4.18 Å². The Balaban J connectivity index is 0.00000500. The van der Waals surface area contributed by atoms with Gasteiger partial charge in [0.1, 0.15) is 12.2 Å². The molecule has 14 heteroatoms. The Morgan fingerprint density at radius 3 is 2.21 bits per heavy atom. The van der Waals surface area contributed by atoms with Crippen LogP contribution >= 0.6 is 0 Å². The molecule has 8 unspecified atom stereocenters. The van der Waals surface area contributed by atoms with Crippen molar-refractivity contribution < 1.29 is 86.5 Å². The third kappa shape index (κ3) is 7.56. The van der Waals surface area contributed by atoms with E-state index in [-0.39, 0.29) is 88.9 Å². The van der Waals surface area contributed by atoms with E-state index < -0.39 is 65.0 Å². The van der Waals surface area contributed by atoms with Crippen molar-refractivity contribution in [2.24, 2.45) is 46.3 Å². The first-order valence-electron chi connectivity index (χ1n) is 17.2. The van der Waals surface area contributed by atoms with Crippen LogP contribution in [0, 0.1) is 46.3 Å². The minimum absolute atomic E-state index is 0. The molecular formula is C33H57NaO12S. The Hall–Kier alpha value is 0.550. The van der Waals surface area contributed by atoms with Crippen molar-refractivity contribution in [1.29, 1.82) is 0 Å². The van der Waals surface area contributed by atoms with Gasteiger partial charge in [-0.2, -0.15) is 0 Å². The summed E-state index contributed by atoms with van der Waals surface area (Å²) in [5.41, 5.74) is -1.84. The van der Waals surface area contributed by atoms with Crippen LogP contribution in [-0.4, -0.2) is 107 Å². The van der Waals surface area contributed by atoms with Crippen LogP contribution in [-0.2, 0) is 28.8 Å². The average Bonchev–Trinajstić information content (AvgIpc) is 3.23. The largest absolute Gasteiger partial charge is 1.00 e. The maximum absolute atomic E-state index is 12.6. The molecule has 12 nitrogen and oxygen atoms in total. The molecule has 0 spiro atoms. The first-order chi connectivity index (χ1) is 21.4. The van der Waals surface area contributed by atoms with Gasteiger partial charge >= 0.3 is 29.6 Å². The van der Waals surface area contributed by atoms with Gasteiger partial charge in [0, 0.05) is 19.4 Å². The molecule has 0 amide bonds. The van der Waals surface area contributed by atoms with Gasteiger partial charge in [0.25, 0.3) is 0 Å². The first-order valence-corrected chi connectivity index (χ1v) is 18.6. The Labute approximate surface area is 302 Å². The van der Waals surface area contributed by atoms with Crippen molar-refractivity contribution in [3.05, 3.63) is 0 Å². The topological polar surface area (TPSA) is 195 Å². The number of hydrogen-bond acceptors (Lipinski definition) is 12.